The molecule has 0 aliphatic rings. The largest absolute Gasteiger partial charge is 0.377 e. The average Bonchev–Trinajstić information content (AvgIpc) is 2.73. The third-order valence-corrected chi connectivity index (χ3v) is 7.24. The molecule has 3 aromatic rings. The first-order chi connectivity index (χ1) is 15.1. The molecule has 0 fully saturated rings. The summed E-state index contributed by atoms with van der Waals surface area (Å²) in [7, 11) is -4.02. The predicted octanol–water partition coefficient (Wildman–Crippen LogP) is 6.36. The van der Waals surface area contributed by atoms with Crippen LogP contribution >= 0.6 is 55.1 Å². The van der Waals surface area contributed by atoms with Crippen LogP contribution in [-0.2, 0) is 10.1 Å². The second kappa shape index (κ2) is 10.4. The lowest BCUT2D eigenvalue weighted by atomic mass is 10.2. The highest BCUT2D eigenvalue weighted by molar-refractivity contribution is 9.11. The van der Waals surface area contributed by atoms with E-state index in [4.69, 9.17) is 27.4 Å². The van der Waals surface area contributed by atoms with Gasteiger partial charge in [0.25, 0.3) is 5.91 Å². The van der Waals surface area contributed by atoms with E-state index in [1.165, 1.54) is 36.5 Å². The van der Waals surface area contributed by atoms with E-state index < -0.39 is 16.0 Å². The van der Waals surface area contributed by atoms with Gasteiger partial charge in [-0.2, -0.15) is 13.5 Å². The summed E-state index contributed by atoms with van der Waals surface area (Å²) in [6.45, 7) is 1.86. The van der Waals surface area contributed by atoms with Gasteiger partial charge in [-0.25, -0.2) is 5.43 Å². The highest BCUT2D eigenvalue weighted by Crippen LogP contribution is 2.36. The molecule has 3 rings (SSSR count). The lowest BCUT2D eigenvalue weighted by Crippen LogP contribution is -2.17. The van der Waals surface area contributed by atoms with Crippen molar-refractivity contribution in [3.63, 3.8) is 0 Å². The van der Waals surface area contributed by atoms with Crippen LogP contribution < -0.4 is 9.61 Å². The summed E-state index contributed by atoms with van der Waals surface area (Å²) in [4.78, 5) is 12.2. The summed E-state index contributed by atoms with van der Waals surface area (Å²) < 4.78 is 31.2. The number of aryl methyl sites for hydroxylation is 1. The van der Waals surface area contributed by atoms with Crippen LogP contribution in [-0.4, -0.2) is 20.5 Å². The van der Waals surface area contributed by atoms with Gasteiger partial charge in [0.05, 0.1) is 25.2 Å². The molecule has 0 aromatic heterocycles. The molecule has 6 nitrogen and oxygen atoms in total. The van der Waals surface area contributed by atoms with Crippen LogP contribution in [0.4, 0.5) is 0 Å². The van der Waals surface area contributed by atoms with Crippen LogP contribution in [0.5, 0.6) is 5.75 Å². The number of nitrogens with one attached hydrogen (secondary N) is 1. The summed E-state index contributed by atoms with van der Waals surface area (Å²) in [5.74, 6) is -0.385. The molecule has 3 aromatic carbocycles. The monoisotopic (exact) mass is 618 g/mol. The Morgan fingerprint density at radius 2 is 1.62 bits per heavy atom. The lowest BCUT2D eigenvalue weighted by Gasteiger charge is -2.11. The predicted molar refractivity (Wildman–Crippen MR) is 132 cm³/mol. The first-order valence-corrected chi connectivity index (χ1v) is 12.6. The number of hydrogen-bond acceptors (Lipinski definition) is 5. The van der Waals surface area contributed by atoms with Gasteiger partial charge in [-0.15, -0.1) is 0 Å². The van der Waals surface area contributed by atoms with Crippen LogP contribution in [0.2, 0.25) is 10.0 Å². The molecule has 0 heterocycles. The Morgan fingerprint density at radius 1 is 1.00 bits per heavy atom. The summed E-state index contributed by atoms with van der Waals surface area (Å²) in [5, 5.41) is 4.51. The van der Waals surface area contributed by atoms with E-state index in [-0.39, 0.29) is 15.7 Å². The van der Waals surface area contributed by atoms with Crippen molar-refractivity contribution in [2.75, 3.05) is 0 Å². The molecule has 1 amide bonds. The van der Waals surface area contributed by atoms with Crippen molar-refractivity contribution in [2.45, 2.75) is 11.8 Å². The Bertz CT molecular complexity index is 1290. The highest BCUT2D eigenvalue weighted by Gasteiger charge is 2.20. The van der Waals surface area contributed by atoms with E-state index in [0.29, 0.717) is 25.1 Å². The number of carbonyl (C=O) groups excluding carboxylic acids is 1. The molecule has 0 atom stereocenters. The summed E-state index contributed by atoms with van der Waals surface area (Å²) in [6, 6.07) is 14.0. The van der Waals surface area contributed by atoms with Crippen LogP contribution in [0.25, 0.3) is 0 Å². The van der Waals surface area contributed by atoms with Gasteiger partial charge >= 0.3 is 10.1 Å². The Kier molecular flexibility index (Phi) is 8.00. The molecule has 0 aliphatic heterocycles. The summed E-state index contributed by atoms with van der Waals surface area (Å²) in [6.07, 6.45) is 1.39. The first-order valence-electron chi connectivity index (χ1n) is 8.85. The van der Waals surface area contributed by atoms with E-state index in [9.17, 15) is 13.2 Å². The maximum absolute atomic E-state index is 12.6. The van der Waals surface area contributed by atoms with Gasteiger partial charge in [-0.3, -0.25) is 4.79 Å². The van der Waals surface area contributed by atoms with Gasteiger partial charge in [-0.05, 0) is 86.8 Å². The van der Waals surface area contributed by atoms with Crippen LogP contribution in [0, 0.1) is 6.92 Å². The van der Waals surface area contributed by atoms with Gasteiger partial charge in [0, 0.05) is 5.56 Å². The van der Waals surface area contributed by atoms with Crippen molar-refractivity contribution in [1.29, 1.82) is 0 Å². The highest BCUT2D eigenvalue weighted by atomic mass is 79.9. The molecule has 0 saturated carbocycles. The Balaban J connectivity index is 1.74. The van der Waals surface area contributed by atoms with Crippen LogP contribution in [0.1, 0.15) is 21.5 Å². The molecule has 166 valence electrons. The van der Waals surface area contributed by atoms with Crippen molar-refractivity contribution in [2.24, 2.45) is 5.10 Å². The third kappa shape index (κ3) is 6.11. The Labute approximate surface area is 212 Å². The minimum atomic E-state index is -4.02. The zero-order valence-corrected chi connectivity index (χ0v) is 21.8. The summed E-state index contributed by atoms with van der Waals surface area (Å²) >= 11 is 18.4. The number of rotatable bonds is 6. The minimum absolute atomic E-state index is 0.0394. The molecule has 0 bridgehead atoms. The second-order valence-corrected chi connectivity index (χ2v) is 10.6. The normalized spacial score (nSPS) is 11.5. The quantitative estimate of drug-likeness (QED) is 0.198. The molecule has 0 spiro atoms. The van der Waals surface area contributed by atoms with Gasteiger partial charge in [0.2, 0.25) is 0 Å². The standard InChI is InChI=1S/C21H14Br2Cl2N2O4S/c1-12-2-5-15(6-3-12)32(29,30)31-20-16(22)8-13(9-17(20)23)11-26-27-21(28)14-4-7-18(24)19(25)10-14/h2-11H,1H3,(H,27,28)/b26-11-. The van der Waals surface area contributed by atoms with E-state index in [1.54, 1.807) is 24.3 Å². The first kappa shape index (κ1) is 24.7. The van der Waals surface area contributed by atoms with Crippen LogP contribution in [0.15, 0.2) is 73.5 Å². The zero-order chi connectivity index (χ0) is 23.5. The number of nitrogens with zero attached hydrogens (tertiary/aromatic N) is 1. The molecule has 0 radical (unpaired) electrons. The lowest BCUT2D eigenvalue weighted by molar-refractivity contribution is 0.0955. The SMILES string of the molecule is Cc1ccc(S(=O)(=O)Oc2c(Br)cc(/C=N\NC(=O)c3ccc(Cl)c(Cl)c3)cc2Br)cc1. The van der Waals surface area contributed by atoms with Crippen LogP contribution in [0.3, 0.4) is 0 Å². The molecule has 11 heteroatoms. The molecule has 1 N–H and O–H groups in total. The number of benzene rings is 3. The topological polar surface area (TPSA) is 84.8 Å². The second-order valence-electron chi connectivity index (χ2n) is 6.49. The van der Waals surface area contributed by atoms with Crippen molar-refractivity contribution in [1.82, 2.24) is 5.43 Å². The minimum Gasteiger partial charge on any atom is -0.377 e. The van der Waals surface area contributed by atoms with Crippen molar-refractivity contribution < 1.29 is 17.4 Å². The summed E-state index contributed by atoms with van der Waals surface area (Å²) in [5.41, 5.74) is 4.18. The fourth-order valence-corrected chi connectivity index (χ4v) is 5.32. The molecule has 32 heavy (non-hydrogen) atoms. The smallest absolute Gasteiger partial charge is 0.339 e. The number of amides is 1. The Morgan fingerprint density at radius 3 is 2.22 bits per heavy atom. The van der Waals surface area contributed by atoms with Crippen molar-refractivity contribution in [3.8, 4) is 5.75 Å². The van der Waals surface area contributed by atoms with E-state index in [1.807, 2.05) is 6.92 Å². The molecule has 0 unspecified atom stereocenters. The van der Waals surface area contributed by atoms with E-state index >= 15 is 0 Å². The fourth-order valence-electron chi connectivity index (χ4n) is 2.46. The number of carbonyl (C=O) groups is 1. The molecular formula is C21H14Br2Cl2N2O4S. The molecular weight excluding hydrogens is 607 g/mol. The average molecular weight is 621 g/mol. The molecule has 0 saturated heterocycles. The Hall–Kier alpha value is -1.91. The van der Waals surface area contributed by atoms with Gasteiger partial charge < -0.3 is 4.18 Å². The number of hydrazone groups is 1. The zero-order valence-electron chi connectivity index (χ0n) is 16.3. The number of hydrogen-bond donors (Lipinski definition) is 1. The maximum Gasteiger partial charge on any atom is 0.339 e. The van der Waals surface area contributed by atoms with E-state index in [0.717, 1.165) is 5.56 Å². The van der Waals surface area contributed by atoms with Gasteiger partial charge in [0.15, 0.2) is 5.75 Å². The molecule has 0 aliphatic carbocycles. The van der Waals surface area contributed by atoms with Crippen molar-refractivity contribution >= 4 is 77.3 Å². The maximum atomic E-state index is 12.6. The van der Waals surface area contributed by atoms with Gasteiger partial charge in [0.1, 0.15) is 4.90 Å². The van der Waals surface area contributed by atoms with E-state index in [2.05, 4.69) is 42.4 Å². The van der Waals surface area contributed by atoms with Crippen molar-refractivity contribution in [3.05, 3.63) is 90.3 Å². The number of halogens is 4. The fraction of sp³-hybridized carbons (Fsp3) is 0.0476. The third-order valence-electron chi connectivity index (χ3n) is 4.08. The van der Waals surface area contributed by atoms with Gasteiger partial charge in [-0.1, -0.05) is 40.9 Å².